The lowest BCUT2D eigenvalue weighted by Gasteiger charge is -2.20. The third-order valence-corrected chi connectivity index (χ3v) is 6.24. The monoisotopic (exact) mass is 347 g/mol. The van der Waals surface area contributed by atoms with Crippen molar-refractivity contribution in [3.05, 3.63) is 58.9 Å². The Labute approximate surface area is 141 Å². The predicted octanol–water partition coefficient (Wildman–Crippen LogP) is 3.65. The smallest absolute Gasteiger partial charge is 0.264 e. The molecule has 0 N–H and O–H groups in total. The highest BCUT2D eigenvalue weighted by Gasteiger charge is 2.37. The molecule has 2 aromatic rings. The number of anilines is 1. The second-order valence-electron chi connectivity index (χ2n) is 6.00. The molecular weight excluding hydrogens is 329 g/mol. The highest BCUT2D eigenvalue weighted by molar-refractivity contribution is 7.92. The molecule has 0 aliphatic carbocycles. The van der Waals surface area contributed by atoms with Crippen LogP contribution >= 0.6 is 0 Å². The van der Waals surface area contributed by atoms with Gasteiger partial charge in [-0.05, 0) is 43.2 Å². The standard InChI is InChI=1S/C18H18FNO3S/c1-3-13-10-20(17-9-15(19)8-14(11-21)18(13)17)24(22,23)16-6-4-12(2)5-7-16/h4-9,11,13H,3,10H2,1-2H3/t13-/m0/s1. The number of carbonyl (C=O) groups is 1. The van der Waals surface area contributed by atoms with Crippen molar-refractivity contribution in [1.82, 2.24) is 0 Å². The van der Waals surface area contributed by atoms with Crippen molar-refractivity contribution >= 4 is 22.0 Å². The van der Waals surface area contributed by atoms with Crippen molar-refractivity contribution in [1.29, 1.82) is 0 Å². The highest BCUT2D eigenvalue weighted by Crippen LogP contribution is 2.43. The molecule has 1 aliphatic rings. The summed E-state index contributed by atoms with van der Waals surface area (Å²) in [5.74, 6) is -0.738. The second-order valence-corrected chi connectivity index (χ2v) is 7.86. The zero-order valence-corrected chi connectivity index (χ0v) is 14.3. The number of rotatable bonds is 4. The molecule has 1 heterocycles. The van der Waals surface area contributed by atoms with E-state index < -0.39 is 15.8 Å². The van der Waals surface area contributed by atoms with Gasteiger partial charge >= 0.3 is 0 Å². The van der Waals surface area contributed by atoms with Gasteiger partial charge in [-0.25, -0.2) is 12.8 Å². The molecule has 0 fully saturated rings. The van der Waals surface area contributed by atoms with Crippen molar-refractivity contribution in [2.45, 2.75) is 31.1 Å². The highest BCUT2D eigenvalue weighted by atomic mass is 32.2. The van der Waals surface area contributed by atoms with E-state index in [4.69, 9.17) is 0 Å². The number of aryl methyl sites for hydroxylation is 1. The fourth-order valence-corrected chi connectivity index (χ4v) is 4.68. The lowest BCUT2D eigenvalue weighted by Crippen LogP contribution is -2.30. The average Bonchev–Trinajstić information content (AvgIpc) is 2.93. The summed E-state index contributed by atoms with van der Waals surface area (Å²) < 4.78 is 41.1. The summed E-state index contributed by atoms with van der Waals surface area (Å²) in [7, 11) is -3.80. The molecule has 0 saturated carbocycles. The summed E-state index contributed by atoms with van der Waals surface area (Å²) in [6.45, 7) is 4.02. The number of fused-ring (bicyclic) bond motifs is 1. The number of nitrogens with zero attached hydrogens (tertiary/aromatic N) is 1. The molecule has 3 rings (SSSR count). The van der Waals surface area contributed by atoms with Crippen LogP contribution in [0.25, 0.3) is 0 Å². The third-order valence-electron chi connectivity index (χ3n) is 4.45. The van der Waals surface area contributed by atoms with Gasteiger partial charge in [0.25, 0.3) is 10.0 Å². The molecule has 0 saturated heterocycles. The van der Waals surface area contributed by atoms with Crippen LogP contribution in [-0.4, -0.2) is 21.2 Å². The molecule has 1 atom stereocenters. The first kappa shape index (κ1) is 16.6. The Kier molecular flexibility index (Phi) is 4.17. The topological polar surface area (TPSA) is 54.5 Å². The fourth-order valence-electron chi connectivity index (χ4n) is 3.16. The van der Waals surface area contributed by atoms with Crippen LogP contribution in [0, 0.1) is 12.7 Å². The van der Waals surface area contributed by atoms with Crippen molar-refractivity contribution in [3.63, 3.8) is 0 Å². The minimum Gasteiger partial charge on any atom is -0.298 e. The number of halogens is 1. The molecule has 6 heteroatoms. The molecule has 0 aromatic heterocycles. The van der Waals surface area contributed by atoms with Gasteiger partial charge in [-0.15, -0.1) is 0 Å². The average molecular weight is 347 g/mol. The van der Waals surface area contributed by atoms with E-state index in [0.29, 0.717) is 18.3 Å². The lowest BCUT2D eigenvalue weighted by atomic mass is 9.94. The van der Waals surface area contributed by atoms with Gasteiger partial charge in [0.05, 0.1) is 10.6 Å². The molecule has 0 amide bonds. The number of aldehydes is 1. The van der Waals surface area contributed by atoms with E-state index in [0.717, 1.165) is 11.6 Å². The van der Waals surface area contributed by atoms with Crippen molar-refractivity contribution in [2.75, 3.05) is 10.8 Å². The van der Waals surface area contributed by atoms with E-state index >= 15 is 0 Å². The van der Waals surface area contributed by atoms with Crippen LogP contribution in [0.2, 0.25) is 0 Å². The SMILES string of the molecule is CC[C@H]1CN(S(=O)(=O)c2ccc(C)cc2)c2cc(F)cc(C=O)c21. The summed E-state index contributed by atoms with van der Waals surface area (Å²) in [5.41, 5.74) is 2.06. The summed E-state index contributed by atoms with van der Waals surface area (Å²) in [6.07, 6.45) is 1.26. The largest absolute Gasteiger partial charge is 0.298 e. The summed E-state index contributed by atoms with van der Waals surface area (Å²) in [5, 5.41) is 0. The van der Waals surface area contributed by atoms with E-state index in [2.05, 4.69) is 0 Å². The molecule has 24 heavy (non-hydrogen) atoms. The fraction of sp³-hybridized carbons (Fsp3) is 0.278. The Morgan fingerprint density at radius 2 is 1.92 bits per heavy atom. The van der Waals surface area contributed by atoms with E-state index in [1.54, 1.807) is 24.3 Å². The molecule has 0 bridgehead atoms. The van der Waals surface area contributed by atoms with Gasteiger partial charge in [0.1, 0.15) is 5.82 Å². The van der Waals surface area contributed by atoms with Crippen molar-refractivity contribution < 1.29 is 17.6 Å². The quantitative estimate of drug-likeness (QED) is 0.793. The normalized spacial score (nSPS) is 17.0. The van der Waals surface area contributed by atoms with Crippen LogP contribution in [0.1, 0.15) is 40.7 Å². The number of benzene rings is 2. The van der Waals surface area contributed by atoms with Crippen LogP contribution in [0.15, 0.2) is 41.3 Å². The number of sulfonamides is 1. The zero-order chi connectivity index (χ0) is 17.5. The predicted molar refractivity (Wildman–Crippen MR) is 90.5 cm³/mol. The number of carbonyl (C=O) groups excluding carboxylic acids is 1. The maximum absolute atomic E-state index is 13.9. The minimum absolute atomic E-state index is 0.124. The van der Waals surface area contributed by atoms with E-state index in [1.165, 1.54) is 10.4 Å². The van der Waals surface area contributed by atoms with Gasteiger partial charge in [-0.3, -0.25) is 9.10 Å². The molecule has 2 aromatic carbocycles. The molecule has 0 radical (unpaired) electrons. The number of hydrogen-bond acceptors (Lipinski definition) is 3. The van der Waals surface area contributed by atoms with Crippen molar-refractivity contribution in [3.8, 4) is 0 Å². The summed E-state index contributed by atoms with van der Waals surface area (Å²) in [4.78, 5) is 11.5. The van der Waals surface area contributed by atoms with Crippen LogP contribution in [0.5, 0.6) is 0 Å². The van der Waals surface area contributed by atoms with Crippen LogP contribution in [0.3, 0.4) is 0 Å². The summed E-state index contributed by atoms with van der Waals surface area (Å²) in [6, 6.07) is 8.90. The van der Waals surface area contributed by atoms with Crippen LogP contribution < -0.4 is 4.31 Å². The Balaban J connectivity index is 2.17. The molecule has 4 nitrogen and oxygen atoms in total. The Bertz CT molecular complexity index is 891. The van der Waals surface area contributed by atoms with Crippen molar-refractivity contribution in [2.24, 2.45) is 0 Å². The maximum atomic E-state index is 13.9. The minimum atomic E-state index is -3.80. The van der Waals surface area contributed by atoms with Gasteiger partial charge < -0.3 is 0 Å². The van der Waals surface area contributed by atoms with Crippen LogP contribution in [0.4, 0.5) is 10.1 Å². The first-order chi connectivity index (χ1) is 11.4. The second kappa shape index (κ2) is 6.02. The van der Waals surface area contributed by atoms with Gasteiger partial charge in [-0.1, -0.05) is 24.6 Å². The Morgan fingerprint density at radius 3 is 2.50 bits per heavy atom. The van der Waals surface area contributed by atoms with E-state index in [1.807, 2.05) is 13.8 Å². The Hall–Kier alpha value is -2.21. The Morgan fingerprint density at radius 1 is 1.25 bits per heavy atom. The van der Waals surface area contributed by atoms with Gasteiger partial charge in [0.2, 0.25) is 0 Å². The van der Waals surface area contributed by atoms with Gasteiger partial charge in [-0.2, -0.15) is 0 Å². The molecule has 0 unspecified atom stereocenters. The van der Waals surface area contributed by atoms with E-state index in [9.17, 15) is 17.6 Å². The molecule has 0 spiro atoms. The third kappa shape index (κ3) is 2.60. The summed E-state index contributed by atoms with van der Waals surface area (Å²) >= 11 is 0. The first-order valence-corrected chi connectivity index (χ1v) is 9.20. The molecule has 126 valence electrons. The number of hydrogen-bond donors (Lipinski definition) is 0. The zero-order valence-electron chi connectivity index (χ0n) is 13.5. The van der Waals surface area contributed by atoms with Gasteiger partial charge in [0, 0.05) is 18.0 Å². The van der Waals surface area contributed by atoms with Crippen LogP contribution in [-0.2, 0) is 10.0 Å². The maximum Gasteiger partial charge on any atom is 0.264 e. The lowest BCUT2D eigenvalue weighted by molar-refractivity contribution is 0.112. The molecule has 1 aliphatic heterocycles. The first-order valence-electron chi connectivity index (χ1n) is 7.76. The van der Waals surface area contributed by atoms with E-state index in [-0.39, 0.29) is 28.6 Å². The van der Waals surface area contributed by atoms with Gasteiger partial charge in [0.15, 0.2) is 6.29 Å². The molecular formula is C18H18FNO3S.